The second-order valence-corrected chi connectivity index (χ2v) is 8.09. The molecule has 5 nitrogen and oxygen atoms in total. The number of nitrogens with zero attached hydrogens (tertiary/aromatic N) is 4. The highest BCUT2D eigenvalue weighted by molar-refractivity contribution is 5.79. The van der Waals surface area contributed by atoms with Gasteiger partial charge >= 0.3 is 0 Å². The van der Waals surface area contributed by atoms with Crippen LogP contribution in [0.25, 0.3) is 0 Å². The molecule has 1 aromatic rings. The molecule has 5 heteroatoms. The van der Waals surface area contributed by atoms with Crippen molar-refractivity contribution in [3.63, 3.8) is 0 Å². The molecule has 2 heterocycles. The number of rotatable bonds is 6. The smallest absolute Gasteiger partial charge is 0.225 e. The molecule has 0 aromatic carbocycles. The van der Waals surface area contributed by atoms with E-state index in [9.17, 15) is 4.79 Å². The van der Waals surface area contributed by atoms with Crippen LogP contribution in [0, 0.1) is 5.92 Å². The Morgan fingerprint density at radius 3 is 2.76 bits per heavy atom. The van der Waals surface area contributed by atoms with Crippen molar-refractivity contribution in [1.82, 2.24) is 19.4 Å². The number of aryl methyl sites for hydroxylation is 1. The molecular weight excluding hydrogens is 312 g/mol. The summed E-state index contributed by atoms with van der Waals surface area (Å²) in [4.78, 5) is 21.9. The molecule has 1 saturated carbocycles. The second-order valence-electron chi connectivity index (χ2n) is 8.09. The number of likely N-dealkylation sites (tertiary alicyclic amines) is 1. The quantitative estimate of drug-likeness (QED) is 0.795. The SMILES string of the molecule is CN(C)CCCn1ccnc1[C@H]1CCCN(C(=O)C2CCCCC2)C1. The molecule has 25 heavy (non-hydrogen) atoms. The number of amides is 1. The molecule has 1 aliphatic carbocycles. The molecule has 0 bridgehead atoms. The summed E-state index contributed by atoms with van der Waals surface area (Å²) in [6.45, 7) is 3.91. The van der Waals surface area contributed by atoms with E-state index in [1.165, 1.54) is 25.1 Å². The zero-order valence-corrected chi connectivity index (χ0v) is 16.0. The van der Waals surface area contributed by atoms with Crippen LogP contribution in [0.1, 0.15) is 63.1 Å². The van der Waals surface area contributed by atoms with E-state index in [-0.39, 0.29) is 5.92 Å². The molecule has 2 aliphatic rings. The third kappa shape index (κ3) is 4.84. The summed E-state index contributed by atoms with van der Waals surface area (Å²) >= 11 is 0. The number of aromatic nitrogens is 2. The van der Waals surface area contributed by atoms with Gasteiger partial charge in [0.2, 0.25) is 5.91 Å². The van der Waals surface area contributed by atoms with Crippen molar-refractivity contribution in [1.29, 1.82) is 0 Å². The predicted molar refractivity (Wildman–Crippen MR) is 101 cm³/mol. The van der Waals surface area contributed by atoms with Gasteiger partial charge in [-0.05, 0) is 52.7 Å². The van der Waals surface area contributed by atoms with Crippen LogP contribution in [0.5, 0.6) is 0 Å². The van der Waals surface area contributed by atoms with Gasteiger partial charge < -0.3 is 14.4 Å². The Morgan fingerprint density at radius 2 is 2.00 bits per heavy atom. The number of carbonyl (C=O) groups excluding carboxylic acids is 1. The van der Waals surface area contributed by atoms with E-state index >= 15 is 0 Å². The largest absolute Gasteiger partial charge is 0.342 e. The molecule has 1 amide bonds. The first-order valence-electron chi connectivity index (χ1n) is 10.1. The Hall–Kier alpha value is -1.36. The number of piperidine rings is 1. The average molecular weight is 347 g/mol. The lowest BCUT2D eigenvalue weighted by Gasteiger charge is -2.35. The fourth-order valence-electron chi connectivity index (χ4n) is 4.42. The summed E-state index contributed by atoms with van der Waals surface area (Å²) in [6.07, 6.45) is 13.4. The van der Waals surface area contributed by atoms with E-state index < -0.39 is 0 Å². The first-order valence-corrected chi connectivity index (χ1v) is 10.1. The van der Waals surface area contributed by atoms with Gasteiger partial charge in [0, 0.05) is 43.9 Å². The number of carbonyl (C=O) groups is 1. The maximum Gasteiger partial charge on any atom is 0.225 e. The Kier molecular flexibility index (Phi) is 6.51. The fraction of sp³-hybridized carbons (Fsp3) is 0.800. The minimum absolute atomic E-state index is 0.285. The zero-order valence-electron chi connectivity index (χ0n) is 16.0. The van der Waals surface area contributed by atoms with Gasteiger partial charge in [0.25, 0.3) is 0 Å². The van der Waals surface area contributed by atoms with Gasteiger partial charge in [-0.1, -0.05) is 19.3 Å². The summed E-state index contributed by atoms with van der Waals surface area (Å²) in [7, 11) is 4.23. The minimum Gasteiger partial charge on any atom is -0.342 e. The van der Waals surface area contributed by atoms with Gasteiger partial charge in [-0.3, -0.25) is 4.79 Å². The highest BCUT2D eigenvalue weighted by atomic mass is 16.2. The highest BCUT2D eigenvalue weighted by Crippen LogP contribution is 2.30. The molecular formula is C20H34N4O. The Bertz CT molecular complexity index is 548. The molecule has 1 aromatic heterocycles. The van der Waals surface area contributed by atoms with Gasteiger partial charge in [0.1, 0.15) is 5.82 Å². The summed E-state index contributed by atoms with van der Waals surface area (Å²) in [5.74, 6) is 2.28. The number of imidazole rings is 1. The molecule has 0 N–H and O–H groups in total. The molecule has 1 saturated heterocycles. The van der Waals surface area contributed by atoms with E-state index in [1.807, 2.05) is 6.20 Å². The van der Waals surface area contributed by atoms with E-state index in [0.717, 1.165) is 58.3 Å². The number of hydrogen-bond acceptors (Lipinski definition) is 3. The van der Waals surface area contributed by atoms with Gasteiger partial charge in [-0.25, -0.2) is 4.98 Å². The molecule has 2 fully saturated rings. The van der Waals surface area contributed by atoms with Crippen molar-refractivity contribution >= 4 is 5.91 Å². The predicted octanol–water partition coefficient (Wildman–Crippen LogP) is 3.12. The fourth-order valence-corrected chi connectivity index (χ4v) is 4.42. The lowest BCUT2D eigenvalue weighted by Crippen LogP contribution is -2.43. The van der Waals surface area contributed by atoms with E-state index in [2.05, 4.69) is 39.6 Å². The van der Waals surface area contributed by atoms with Crippen LogP contribution in [0.4, 0.5) is 0 Å². The molecule has 0 radical (unpaired) electrons. The standard InChI is InChI=1S/C20H34N4O/c1-22(2)12-7-14-23-15-11-21-19(23)18-10-6-13-24(16-18)20(25)17-8-4-3-5-9-17/h11,15,17-18H,3-10,12-14,16H2,1-2H3/t18-/m0/s1. The molecule has 0 spiro atoms. The summed E-state index contributed by atoms with van der Waals surface area (Å²) in [5.41, 5.74) is 0. The van der Waals surface area contributed by atoms with Gasteiger partial charge in [0.05, 0.1) is 0 Å². The van der Waals surface area contributed by atoms with Crippen LogP contribution in [-0.4, -0.2) is 59.0 Å². The van der Waals surface area contributed by atoms with Gasteiger partial charge in [-0.2, -0.15) is 0 Å². The monoisotopic (exact) mass is 346 g/mol. The molecule has 3 rings (SSSR count). The van der Waals surface area contributed by atoms with Gasteiger partial charge in [-0.15, -0.1) is 0 Å². The van der Waals surface area contributed by atoms with Crippen LogP contribution in [0.2, 0.25) is 0 Å². The van der Waals surface area contributed by atoms with Crippen LogP contribution in [0.3, 0.4) is 0 Å². The van der Waals surface area contributed by atoms with E-state index in [4.69, 9.17) is 0 Å². The van der Waals surface area contributed by atoms with Crippen molar-refractivity contribution in [2.45, 2.75) is 63.8 Å². The van der Waals surface area contributed by atoms with E-state index in [1.54, 1.807) is 0 Å². The molecule has 140 valence electrons. The Labute approximate surface area is 152 Å². The van der Waals surface area contributed by atoms with Crippen molar-refractivity contribution < 1.29 is 4.79 Å². The van der Waals surface area contributed by atoms with Crippen molar-refractivity contribution in [2.24, 2.45) is 5.92 Å². The van der Waals surface area contributed by atoms with Gasteiger partial charge in [0.15, 0.2) is 0 Å². The number of hydrogen-bond donors (Lipinski definition) is 0. The molecule has 1 aliphatic heterocycles. The van der Waals surface area contributed by atoms with E-state index in [0.29, 0.717) is 11.8 Å². The van der Waals surface area contributed by atoms with Crippen molar-refractivity contribution in [3.05, 3.63) is 18.2 Å². The Morgan fingerprint density at radius 1 is 1.20 bits per heavy atom. The Balaban J connectivity index is 1.59. The van der Waals surface area contributed by atoms with Crippen LogP contribution >= 0.6 is 0 Å². The van der Waals surface area contributed by atoms with Crippen LogP contribution < -0.4 is 0 Å². The average Bonchev–Trinajstić information content (AvgIpc) is 3.10. The van der Waals surface area contributed by atoms with Crippen LogP contribution in [-0.2, 0) is 11.3 Å². The molecule has 1 atom stereocenters. The topological polar surface area (TPSA) is 41.4 Å². The maximum absolute atomic E-state index is 12.9. The first kappa shape index (κ1) is 18.4. The lowest BCUT2D eigenvalue weighted by molar-refractivity contribution is -0.137. The lowest BCUT2D eigenvalue weighted by atomic mass is 9.87. The zero-order chi connectivity index (χ0) is 17.6. The summed E-state index contributed by atoms with van der Waals surface area (Å²) in [5, 5.41) is 0. The summed E-state index contributed by atoms with van der Waals surface area (Å²) < 4.78 is 2.31. The molecule has 0 unspecified atom stereocenters. The first-order chi connectivity index (χ1) is 12.1. The van der Waals surface area contributed by atoms with Crippen LogP contribution in [0.15, 0.2) is 12.4 Å². The summed E-state index contributed by atoms with van der Waals surface area (Å²) in [6, 6.07) is 0. The van der Waals surface area contributed by atoms with Crippen molar-refractivity contribution in [3.8, 4) is 0 Å². The second kappa shape index (κ2) is 8.84. The minimum atomic E-state index is 0.285. The maximum atomic E-state index is 12.9. The van der Waals surface area contributed by atoms with Crippen molar-refractivity contribution in [2.75, 3.05) is 33.7 Å². The third-order valence-electron chi connectivity index (χ3n) is 5.80. The highest BCUT2D eigenvalue weighted by Gasteiger charge is 2.31. The third-order valence-corrected chi connectivity index (χ3v) is 5.80. The normalized spacial score (nSPS) is 22.5.